The highest BCUT2D eigenvalue weighted by atomic mass is 15.0. The summed E-state index contributed by atoms with van der Waals surface area (Å²) in [7, 11) is 0. The Morgan fingerprint density at radius 1 is 0.265 bits per heavy atom. The number of hydrogen-bond acceptors (Lipinski definition) is 3. The minimum absolute atomic E-state index is 0.405. The van der Waals surface area contributed by atoms with Crippen LogP contribution in [0.3, 0.4) is 0 Å². The van der Waals surface area contributed by atoms with Gasteiger partial charge in [0.05, 0.1) is 5.41 Å². The van der Waals surface area contributed by atoms with Gasteiger partial charge in [0.15, 0.2) is 17.5 Å². The summed E-state index contributed by atoms with van der Waals surface area (Å²) in [6.45, 7) is 0. The zero-order chi connectivity index (χ0) is 32.4. The van der Waals surface area contributed by atoms with Crippen molar-refractivity contribution in [3.05, 3.63) is 198 Å². The predicted octanol–water partition coefficient (Wildman–Crippen LogP) is 10.9. The van der Waals surface area contributed by atoms with E-state index in [0.29, 0.717) is 17.5 Å². The van der Waals surface area contributed by atoms with Crippen molar-refractivity contribution in [3.63, 3.8) is 0 Å². The van der Waals surface area contributed by atoms with E-state index in [0.717, 1.165) is 22.3 Å². The van der Waals surface area contributed by atoms with Gasteiger partial charge < -0.3 is 0 Å². The molecule has 3 nitrogen and oxygen atoms in total. The summed E-state index contributed by atoms with van der Waals surface area (Å²) in [6.07, 6.45) is 0. The molecule has 0 saturated heterocycles. The molecule has 0 saturated carbocycles. The molecule has 228 valence electrons. The lowest BCUT2D eigenvalue weighted by Crippen LogP contribution is -2.25. The van der Waals surface area contributed by atoms with Gasteiger partial charge in [-0.3, -0.25) is 0 Å². The van der Waals surface area contributed by atoms with Crippen molar-refractivity contribution in [1.82, 2.24) is 15.0 Å². The highest BCUT2D eigenvalue weighted by molar-refractivity contribution is 6.01. The van der Waals surface area contributed by atoms with Gasteiger partial charge in [-0.25, -0.2) is 15.0 Å². The maximum absolute atomic E-state index is 5.13. The van der Waals surface area contributed by atoms with E-state index in [-0.39, 0.29) is 0 Å². The summed E-state index contributed by atoms with van der Waals surface area (Å²) in [4.78, 5) is 15.2. The molecule has 0 bridgehead atoms. The highest BCUT2D eigenvalue weighted by Gasteiger charge is 2.52. The molecule has 7 aromatic carbocycles. The summed E-state index contributed by atoms with van der Waals surface area (Å²) in [5, 5.41) is 0. The maximum atomic E-state index is 5.13. The second kappa shape index (κ2) is 10.8. The van der Waals surface area contributed by atoms with E-state index >= 15 is 0 Å². The SMILES string of the molecule is c1ccc(-c2nc(-c3ccccc3)nc(-c3ccccc3-c3cccc4c3-c3ccccc3C43c4ccccc4-c4ccccc43)n2)cc1. The lowest BCUT2D eigenvalue weighted by molar-refractivity contribution is 0.794. The van der Waals surface area contributed by atoms with Crippen LogP contribution in [0.25, 0.3) is 67.5 Å². The molecular formula is C46H29N3. The first-order valence-electron chi connectivity index (χ1n) is 16.7. The van der Waals surface area contributed by atoms with Crippen molar-refractivity contribution in [1.29, 1.82) is 0 Å². The van der Waals surface area contributed by atoms with Crippen molar-refractivity contribution in [3.8, 4) is 67.5 Å². The van der Waals surface area contributed by atoms with Crippen LogP contribution < -0.4 is 0 Å². The van der Waals surface area contributed by atoms with Crippen LogP contribution in [0.4, 0.5) is 0 Å². The van der Waals surface area contributed by atoms with Crippen molar-refractivity contribution >= 4 is 0 Å². The first-order chi connectivity index (χ1) is 24.3. The molecule has 3 heteroatoms. The van der Waals surface area contributed by atoms with Crippen LogP contribution >= 0.6 is 0 Å². The standard InChI is InChI=1S/C46H29N3/c1-3-16-30(17-4-1)43-47-44(31-18-5-2-6-19-31)49-45(48-43)36-23-8-7-20-32(36)35-25-15-29-41-42(35)37-24-11-14-28-40(37)46(41)38-26-12-9-21-33(38)34-22-10-13-27-39(34)46/h1-29H. The third-order valence-corrected chi connectivity index (χ3v) is 10.2. The molecule has 0 amide bonds. The third kappa shape index (κ3) is 3.99. The van der Waals surface area contributed by atoms with Gasteiger partial charge in [-0.1, -0.05) is 176 Å². The van der Waals surface area contributed by atoms with E-state index in [4.69, 9.17) is 15.0 Å². The molecule has 0 N–H and O–H groups in total. The number of rotatable bonds is 4. The van der Waals surface area contributed by atoms with E-state index in [1.165, 1.54) is 50.1 Å². The molecule has 2 aliphatic rings. The van der Waals surface area contributed by atoms with Crippen molar-refractivity contribution in [2.24, 2.45) is 0 Å². The molecule has 2 aliphatic carbocycles. The van der Waals surface area contributed by atoms with E-state index in [9.17, 15) is 0 Å². The van der Waals surface area contributed by atoms with E-state index in [1.807, 2.05) is 36.4 Å². The molecule has 0 fully saturated rings. The average molecular weight is 624 g/mol. The second-order valence-corrected chi connectivity index (χ2v) is 12.7. The van der Waals surface area contributed by atoms with Crippen LogP contribution in [0.1, 0.15) is 22.3 Å². The van der Waals surface area contributed by atoms with Crippen LogP contribution in [0.2, 0.25) is 0 Å². The largest absolute Gasteiger partial charge is 0.208 e. The molecule has 1 aromatic heterocycles. The molecular weight excluding hydrogens is 595 g/mol. The van der Waals surface area contributed by atoms with Gasteiger partial charge in [0.25, 0.3) is 0 Å². The summed E-state index contributed by atoms with van der Waals surface area (Å²) >= 11 is 0. The van der Waals surface area contributed by atoms with E-state index in [1.54, 1.807) is 0 Å². The molecule has 8 aromatic rings. The van der Waals surface area contributed by atoms with Crippen LogP contribution in [0.5, 0.6) is 0 Å². The first-order valence-corrected chi connectivity index (χ1v) is 16.7. The number of nitrogens with zero attached hydrogens (tertiary/aromatic N) is 3. The molecule has 0 atom stereocenters. The maximum Gasteiger partial charge on any atom is 0.164 e. The Labute approximate surface area is 285 Å². The van der Waals surface area contributed by atoms with Gasteiger partial charge in [-0.2, -0.15) is 0 Å². The van der Waals surface area contributed by atoms with Gasteiger partial charge in [0, 0.05) is 16.7 Å². The number of aromatic nitrogens is 3. The van der Waals surface area contributed by atoms with Gasteiger partial charge in [-0.05, 0) is 55.6 Å². The molecule has 0 unspecified atom stereocenters. The fourth-order valence-electron chi connectivity index (χ4n) is 8.21. The van der Waals surface area contributed by atoms with Crippen LogP contribution in [0, 0.1) is 0 Å². The molecule has 1 spiro atoms. The first kappa shape index (κ1) is 27.6. The van der Waals surface area contributed by atoms with Gasteiger partial charge in [0.1, 0.15) is 0 Å². The molecule has 0 aliphatic heterocycles. The molecule has 49 heavy (non-hydrogen) atoms. The minimum atomic E-state index is -0.405. The normalized spacial score (nSPS) is 13.1. The summed E-state index contributed by atoms with van der Waals surface area (Å²) in [6, 6.07) is 62.6. The van der Waals surface area contributed by atoms with Crippen LogP contribution in [0.15, 0.2) is 176 Å². The Morgan fingerprint density at radius 3 is 1.22 bits per heavy atom. The third-order valence-electron chi connectivity index (χ3n) is 10.2. The molecule has 10 rings (SSSR count). The summed E-state index contributed by atoms with van der Waals surface area (Å²) in [5.74, 6) is 1.96. The fraction of sp³-hybridized carbons (Fsp3) is 0.0217. The quantitative estimate of drug-likeness (QED) is 0.196. The van der Waals surface area contributed by atoms with Gasteiger partial charge in [0.2, 0.25) is 0 Å². The topological polar surface area (TPSA) is 38.7 Å². The lowest BCUT2D eigenvalue weighted by Gasteiger charge is -2.30. The molecule has 0 radical (unpaired) electrons. The second-order valence-electron chi connectivity index (χ2n) is 12.7. The Kier molecular flexibility index (Phi) is 6.09. The summed E-state index contributed by atoms with van der Waals surface area (Å²) < 4.78 is 0. The fourth-order valence-corrected chi connectivity index (χ4v) is 8.21. The van der Waals surface area contributed by atoms with Gasteiger partial charge >= 0.3 is 0 Å². The Bertz CT molecular complexity index is 2450. The smallest absolute Gasteiger partial charge is 0.164 e. The molecule has 1 heterocycles. The van der Waals surface area contributed by atoms with Gasteiger partial charge in [-0.15, -0.1) is 0 Å². The minimum Gasteiger partial charge on any atom is -0.208 e. The summed E-state index contributed by atoms with van der Waals surface area (Å²) in [5.41, 5.74) is 15.2. The predicted molar refractivity (Wildman–Crippen MR) is 198 cm³/mol. The lowest BCUT2D eigenvalue weighted by atomic mass is 9.70. The average Bonchev–Trinajstić information content (AvgIpc) is 3.66. The Balaban J connectivity index is 1.24. The number of benzene rings is 7. The van der Waals surface area contributed by atoms with E-state index in [2.05, 4.69) is 140 Å². The van der Waals surface area contributed by atoms with Crippen molar-refractivity contribution in [2.75, 3.05) is 0 Å². The zero-order valence-corrected chi connectivity index (χ0v) is 26.6. The zero-order valence-electron chi connectivity index (χ0n) is 26.6. The number of fused-ring (bicyclic) bond motifs is 10. The van der Waals surface area contributed by atoms with E-state index < -0.39 is 5.41 Å². The van der Waals surface area contributed by atoms with Crippen molar-refractivity contribution < 1.29 is 0 Å². The van der Waals surface area contributed by atoms with Crippen LogP contribution in [-0.4, -0.2) is 15.0 Å². The Hall–Kier alpha value is -6.45. The monoisotopic (exact) mass is 623 g/mol. The highest BCUT2D eigenvalue weighted by Crippen LogP contribution is 2.64. The number of hydrogen-bond donors (Lipinski definition) is 0. The van der Waals surface area contributed by atoms with Crippen LogP contribution in [-0.2, 0) is 5.41 Å². The Morgan fingerprint density at radius 2 is 0.653 bits per heavy atom. The van der Waals surface area contributed by atoms with Crippen molar-refractivity contribution in [2.45, 2.75) is 5.41 Å².